The third-order valence-electron chi connectivity index (χ3n) is 5.95. The van der Waals surface area contributed by atoms with Crippen molar-refractivity contribution in [2.75, 3.05) is 26.2 Å². The molecule has 9 heteroatoms. The summed E-state index contributed by atoms with van der Waals surface area (Å²) in [4.78, 5) is 14.3. The van der Waals surface area contributed by atoms with Crippen LogP contribution >= 0.6 is 0 Å². The van der Waals surface area contributed by atoms with Crippen LogP contribution in [-0.4, -0.2) is 55.9 Å². The molecule has 5 nitrogen and oxygen atoms in total. The molecule has 2 saturated heterocycles. The molecular weight excluding hydrogens is 405 g/mol. The molecule has 2 aliphatic heterocycles. The van der Waals surface area contributed by atoms with Gasteiger partial charge in [0.05, 0.1) is 10.8 Å². The van der Waals surface area contributed by atoms with Gasteiger partial charge in [-0.05, 0) is 51.2 Å². The highest BCUT2D eigenvalue weighted by Crippen LogP contribution is 2.34. The number of alkyl halides is 3. The van der Waals surface area contributed by atoms with Gasteiger partial charge in [0.25, 0.3) is 0 Å². The predicted octanol–water partition coefficient (Wildman–Crippen LogP) is 3.51. The van der Waals surface area contributed by atoms with E-state index in [1.807, 2.05) is 13.0 Å². The molecule has 0 bridgehead atoms. The maximum atomic E-state index is 13.0. The van der Waals surface area contributed by atoms with E-state index in [0.717, 1.165) is 5.56 Å². The Labute approximate surface area is 169 Å². The van der Waals surface area contributed by atoms with Gasteiger partial charge in [-0.1, -0.05) is 17.7 Å². The summed E-state index contributed by atoms with van der Waals surface area (Å²) in [6.07, 6.45) is -3.23. The lowest BCUT2D eigenvalue weighted by Gasteiger charge is -2.38. The van der Waals surface area contributed by atoms with E-state index in [2.05, 4.69) is 0 Å². The highest BCUT2D eigenvalue weighted by atomic mass is 32.2. The first kappa shape index (κ1) is 22.1. The fourth-order valence-electron chi connectivity index (χ4n) is 4.27. The first-order chi connectivity index (χ1) is 13.5. The average molecular weight is 433 g/mol. The average Bonchev–Trinajstić information content (AvgIpc) is 2.66. The minimum atomic E-state index is -4.29. The Kier molecular flexibility index (Phi) is 6.29. The molecule has 0 aromatic heterocycles. The van der Waals surface area contributed by atoms with Crippen LogP contribution in [0.4, 0.5) is 13.2 Å². The number of rotatable bonds is 3. The molecule has 1 amide bonds. The minimum absolute atomic E-state index is 0.0554. The number of aryl methyl sites for hydroxylation is 2. The van der Waals surface area contributed by atoms with Gasteiger partial charge in [-0.25, -0.2) is 8.42 Å². The van der Waals surface area contributed by atoms with Crippen molar-refractivity contribution in [1.29, 1.82) is 0 Å². The molecule has 2 fully saturated rings. The second-order valence-electron chi connectivity index (χ2n) is 8.11. The molecule has 0 N–H and O–H groups in total. The van der Waals surface area contributed by atoms with Crippen molar-refractivity contribution >= 4 is 15.9 Å². The smallest absolute Gasteiger partial charge is 0.342 e. The summed E-state index contributed by atoms with van der Waals surface area (Å²) in [6.45, 7) is 4.09. The number of hydrogen-bond donors (Lipinski definition) is 0. The summed E-state index contributed by atoms with van der Waals surface area (Å²) in [5, 5.41) is 0. The van der Waals surface area contributed by atoms with Crippen molar-refractivity contribution in [3.8, 4) is 0 Å². The van der Waals surface area contributed by atoms with E-state index in [-0.39, 0.29) is 36.9 Å². The first-order valence-electron chi connectivity index (χ1n) is 9.93. The Morgan fingerprint density at radius 1 is 1.07 bits per heavy atom. The van der Waals surface area contributed by atoms with Gasteiger partial charge in [-0.3, -0.25) is 4.79 Å². The zero-order valence-corrected chi connectivity index (χ0v) is 17.5. The SMILES string of the molecule is Cc1ccc(S(=O)(=O)N2CCC(C(=O)N3CCCC(C(F)(F)F)C3)CC2)c(C)c1. The number of piperidine rings is 2. The monoisotopic (exact) mass is 432 g/mol. The molecule has 1 aromatic carbocycles. The zero-order chi connectivity index (χ0) is 21.4. The van der Waals surface area contributed by atoms with Gasteiger partial charge in [0, 0.05) is 32.1 Å². The summed E-state index contributed by atoms with van der Waals surface area (Å²) in [5.41, 5.74) is 1.65. The number of amides is 1. The number of hydrogen-bond acceptors (Lipinski definition) is 3. The Bertz CT molecular complexity index is 862. The number of carbonyl (C=O) groups excluding carboxylic acids is 1. The normalized spacial score (nSPS) is 22.7. The van der Waals surface area contributed by atoms with Crippen LogP contribution in [0.5, 0.6) is 0 Å². The Morgan fingerprint density at radius 2 is 1.72 bits per heavy atom. The van der Waals surface area contributed by atoms with Gasteiger partial charge in [-0.15, -0.1) is 0 Å². The highest BCUT2D eigenvalue weighted by molar-refractivity contribution is 7.89. The van der Waals surface area contributed by atoms with Crippen molar-refractivity contribution < 1.29 is 26.4 Å². The second kappa shape index (κ2) is 8.26. The molecule has 29 heavy (non-hydrogen) atoms. The van der Waals surface area contributed by atoms with Crippen molar-refractivity contribution in [1.82, 2.24) is 9.21 Å². The van der Waals surface area contributed by atoms with Crippen molar-refractivity contribution in [2.45, 2.75) is 50.6 Å². The number of likely N-dealkylation sites (tertiary alicyclic amines) is 1. The second-order valence-corrected chi connectivity index (χ2v) is 10.0. The van der Waals surface area contributed by atoms with Gasteiger partial charge < -0.3 is 4.90 Å². The van der Waals surface area contributed by atoms with Crippen molar-refractivity contribution in [3.63, 3.8) is 0 Å². The van der Waals surface area contributed by atoms with Crippen LogP contribution in [0.15, 0.2) is 23.1 Å². The minimum Gasteiger partial charge on any atom is -0.342 e. The van der Waals surface area contributed by atoms with E-state index in [4.69, 9.17) is 0 Å². The van der Waals surface area contributed by atoms with E-state index < -0.39 is 28.0 Å². The molecule has 0 saturated carbocycles. The molecule has 162 valence electrons. The van der Waals surface area contributed by atoms with Gasteiger partial charge in [0.15, 0.2) is 0 Å². The fraction of sp³-hybridized carbons (Fsp3) is 0.650. The van der Waals surface area contributed by atoms with Crippen molar-refractivity contribution in [3.05, 3.63) is 29.3 Å². The number of carbonyl (C=O) groups is 1. The van der Waals surface area contributed by atoms with Crippen LogP contribution in [0.2, 0.25) is 0 Å². The quantitative estimate of drug-likeness (QED) is 0.735. The van der Waals surface area contributed by atoms with Gasteiger partial charge in [0.1, 0.15) is 0 Å². The topological polar surface area (TPSA) is 57.7 Å². The lowest BCUT2D eigenvalue weighted by molar-refractivity contribution is -0.188. The molecule has 1 atom stereocenters. The lowest BCUT2D eigenvalue weighted by atomic mass is 9.92. The van der Waals surface area contributed by atoms with Crippen molar-refractivity contribution in [2.24, 2.45) is 11.8 Å². The number of halogens is 3. The first-order valence-corrected chi connectivity index (χ1v) is 11.4. The molecule has 1 unspecified atom stereocenters. The summed E-state index contributed by atoms with van der Waals surface area (Å²) in [5.74, 6) is -2.17. The number of sulfonamides is 1. The zero-order valence-electron chi connectivity index (χ0n) is 16.7. The molecule has 0 spiro atoms. The lowest BCUT2D eigenvalue weighted by Crippen LogP contribution is -2.49. The molecule has 0 aliphatic carbocycles. The third kappa shape index (κ3) is 4.77. The molecule has 2 heterocycles. The largest absolute Gasteiger partial charge is 0.393 e. The summed E-state index contributed by atoms with van der Waals surface area (Å²) in [7, 11) is -3.65. The van der Waals surface area contributed by atoms with Crippen LogP contribution in [0.1, 0.15) is 36.8 Å². The predicted molar refractivity (Wildman–Crippen MR) is 103 cm³/mol. The van der Waals surface area contributed by atoms with Gasteiger partial charge in [-0.2, -0.15) is 17.5 Å². The number of nitrogens with zero attached hydrogens (tertiary/aromatic N) is 2. The van der Waals surface area contributed by atoms with E-state index in [1.54, 1.807) is 19.1 Å². The molecule has 3 rings (SSSR count). The molecule has 2 aliphatic rings. The van der Waals surface area contributed by atoms with Crippen LogP contribution in [-0.2, 0) is 14.8 Å². The molecule has 1 aromatic rings. The molecular formula is C20H27F3N2O3S. The van der Waals surface area contributed by atoms with Crippen LogP contribution in [0, 0.1) is 25.7 Å². The maximum Gasteiger partial charge on any atom is 0.393 e. The van der Waals surface area contributed by atoms with Gasteiger partial charge in [0.2, 0.25) is 15.9 Å². The summed E-state index contributed by atoms with van der Waals surface area (Å²) < 4.78 is 66.3. The van der Waals surface area contributed by atoms with Crippen LogP contribution in [0.3, 0.4) is 0 Å². The van der Waals surface area contributed by atoms with Gasteiger partial charge >= 0.3 is 6.18 Å². The maximum absolute atomic E-state index is 13.0. The van der Waals surface area contributed by atoms with E-state index in [9.17, 15) is 26.4 Å². The summed E-state index contributed by atoms with van der Waals surface area (Å²) >= 11 is 0. The van der Waals surface area contributed by atoms with E-state index in [1.165, 1.54) is 9.21 Å². The summed E-state index contributed by atoms with van der Waals surface area (Å²) in [6, 6.07) is 5.17. The third-order valence-corrected chi connectivity index (χ3v) is 8.01. The molecule has 0 radical (unpaired) electrons. The Morgan fingerprint density at radius 3 is 2.31 bits per heavy atom. The Balaban J connectivity index is 1.63. The fourth-order valence-corrected chi connectivity index (χ4v) is 5.95. The number of benzene rings is 1. The highest BCUT2D eigenvalue weighted by Gasteiger charge is 2.44. The van der Waals surface area contributed by atoms with Crippen LogP contribution < -0.4 is 0 Å². The Hall–Kier alpha value is -1.61. The van der Waals surface area contributed by atoms with E-state index >= 15 is 0 Å². The standard InChI is InChI=1S/C20H27F3N2O3S/c1-14-5-6-18(15(2)12-14)29(27,28)25-10-7-16(8-11-25)19(26)24-9-3-4-17(13-24)20(21,22)23/h5-6,12,16-17H,3-4,7-11,13H2,1-2H3. The van der Waals surface area contributed by atoms with Crippen LogP contribution in [0.25, 0.3) is 0 Å². The van der Waals surface area contributed by atoms with E-state index in [0.29, 0.717) is 31.4 Å².